The van der Waals surface area contributed by atoms with E-state index in [1.54, 1.807) is 6.08 Å². The van der Waals surface area contributed by atoms with Gasteiger partial charge in [-0.25, -0.2) is 4.39 Å². The maximum Gasteiger partial charge on any atom is 0.303 e. The molecule has 1 aliphatic heterocycles. The minimum absolute atomic E-state index is 0.0189. The monoisotopic (exact) mass is 585 g/mol. The quantitative estimate of drug-likeness (QED) is 0.214. The van der Waals surface area contributed by atoms with Gasteiger partial charge in [0.2, 0.25) is 11.8 Å². The number of carboxylic acids is 1. The van der Waals surface area contributed by atoms with Gasteiger partial charge in [0.15, 0.2) is 23.1 Å². The topological polar surface area (TPSA) is 129 Å². The molecule has 0 spiro atoms. The Hall–Kier alpha value is -3.40. The van der Waals surface area contributed by atoms with Crippen LogP contribution in [0.2, 0.25) is 0 Å². The van der Waals surface area contributed by atoms with Crippen LogP contribution >= 0.6 is 15.9 Å². The number of ketones is 2. The van der Waals surface area contributed by atoms with E-state index >= 15 is 0 Å². The molecule has 1 aromatic rings. The number of hydrogen-bond acceptors (Lipinski definition) is 6. The smallest absolute Gasteiger partial charge is 0.303 e. The highest BCUT2D eigenvalue weighted by atomic mass is 79.9. The predicted molar refractivity (Wildman–Crippen MR) is 135 cm³/mol. The number of nitrogens with zero attached hydrogens (tertiary/aromatic N) is 1. The first kappa shape index (κ1) is 26.2. The van der Waals surface area contributed by atoms with Crippen molar-refractivity contribution < 1.29 is 38.6 Å². The molecule has 3 aliphatic carbocycles. The molecular weight excluding hydrogens is 561 g/mol. The first-order valence-electron chi connectivity index (χ1n) is 12.5. The van der Waals surface area contributed by atoms with Gasteiger partial charge in [0, 0.05) is 41.7 Å². The standard InChI is InChI=1S/C28H25BrFNO7/c29-18-12-20(32)24-17(25(18)35)11-16-13(22(24)14-5-4-6-19(30)26(14)36)8-9-15-23(16)28(38)31(27(15)37)10-3-1-2-7-21(33)34/h4-6,8,12,15-16,22-23,36H,1-3,7,9-11H2,(H,33,34). The van der Waals surface area contributed by atoms with Gasteiger partial charge in [0.1, 0.15) is 0 Å². The van der Waals surface area contributed by atoms with Crippen molar-refractivity contribution in [2.24, 2.45) is 17.8 Å². The lowest BCUT2D eigenvalue weighted by molar-refractivity contribution is -0.141. The number of likely N-dealkylation sites (tertiary alicyclic amines) is 1. The van der Waals surface area contributed by atoms with Crippen LogP contribution < -0.4 is 0 Å². The Balaban J connectivity index is 1.51. The molecule has 1 aromatic carbocycles. The summed E-state index contributed by atoms with van der Waals surface area (Å²) in [5.74, 6) is -6.77. The number of hydrogen-bond donors (Lipinski definition) is 2. The van der Waals surface area contributed by atoms with Gasteiger partial charge >= 0.3 is 5.97 Å². The molecule has 0 bridgehead atoms. The second-order valence-corrected chi connectivity index (χ2v) is 11.0. The van der Waals surface area contributed by atoms with Crippen LogP contribution in [-0.2, 0) is 24.0 Å². The second-order valence-electron chi connectivity index (χ2n) is 10.1. The number of Topliss-reactive ketones (excluding diaryl/α,β-unsaturated/α-hetero) is 1. The van der Waals surface area contributed by atoms with Gasteiger partial charge in [-0.15, -0.1) is 0 Å². The van der Waals surface area contributed by atoms with E-state index in [1.807, 2.05) is 0 Å². The fraction of sp³-hybridized carbons (Fsp3) is 0.393. The highest BCUT2D eigenvalue weighted by molar-refractivity contribution is 9.12. The van der Waals surface area contributed by atoms with Crippen LogP contribution in [0.3, 0.4) is 0 Å². The SMILES string of the molecule is O=C(O)CCCCCN1C(=O)C2CC=C3C(c4cccc(F)c4O)C4=C(CC3C2C1=O)C(=O)C(Br)=CC4=O. The van der Waals surface area contributed by atoms with E-state index in [0.29, 0.717) is 24.8 Å². The summed E-state index contributed by atoms with van der Waals surface area (Å²) in [5, 5.41) is 19.4. The molecule has 4 unspecified atom stereocenters. The summed E-state index contributed by atoms with van der Waals surface area (Å²) in [6.45, 7) is 0.181. The van der Waals surface area contributed by atoms with Crippen molar-refractivity contribution in [3.05, 3.63) is 62.9 Å². The Bertz CT molecular complexity index is 1380. The zero-order valence-corrected chi connectivity index (χ0v) is 21.9. The maximum atomic E-state index is 14.4. The number of allylic oxidation sites excluding steroid dienone is 6. The largest absolute Gasteiger partial charge is 0.505 e. The number of imide groups is 1. The Kier molecular flexibility index (Phi) is 6.94. The van der Waals surface area contributed by atoms with Gasteiger partial charge in [0.05, 0.1) is 16.3 Å². The summed E-state index contributed by atoms with van der Waals surface area (Å²) in [6.07, 6.45) is 4.80. The average Bonchev–Trinajstić information content (AvgIpc) is 3.12. The lowest BCUT2D eigenvalue weighted by Crippen LogP contribution is -2.39. The fourth-order valence-electron chi connectivity index (χ4n) is 6.34. The predicted octanol–water partition coefficient (Wildman–Crippen LogP) is 3.94. The molecule has 4 aliphatic rings. The number of phenols is 1. The lowest BCUT2D eigenvalue weighted by atomic mass is 9.59. The van der Waals surface area contributed by atoms with Crippen molar-refractivity contribution in [3.63, 3.8) is 0 Å². The maximum absolute atomic E-state index is 14.4. The highest BCUT2D eigenvalue weighted by Crippen LogP contribution is 2.56. The number of carbonyl (C=O) groups is 5. The zero-order chi connectivity index (χ0) is 27.3. The molecule has 5 rings (SSSR count). The Labute approximate surface area is 226 Å². The summed E-state index contributed by atoms with van der Waals surface area (Å²) in [5.41, 5.74) is 1.12. The van der Waals surface area contributed by atoms with Crippen molar-refractivity contribution in [3.8, 4) is 5.75 Å². The van der Waals surface area contributed by atoms with Crippen molar-refractivity contribution >= 4 is 45.3 Å². The zero-order valence-electron chi connectivity index (χ0n) is 20.3. The molecule has 38 heavy (non-hydrogen) atoms. The number of halogens is 2. The van der Waals surface area contributed by atoms with Crippen molar-refractivity contribution in [2.45, 2.75) is 44.4 Å². The molecule has 10 heteroatoms. The van der Waals surface area contributed by atoms with Crippen LogP contribution in [-0.4, -0.2) is 51.0 Å². The number of unbranched alkanes of at least 4 members (excludes halogenated alkanes) is 2. The molecule has 0 radical (unpaired) electrons. The van der Waals surface area contributed by atoms with Crippen molar-refractivity contribution in [1.29, 1.82) is 0 Å². The number of carbonyl (C=O) groups excluding carboxylic acids is 4. The van der Waals surface area contributed by atoms with E-state index < -0.39 is 52.8 Å². The number of rotatable bonds is 7. The Morgan fingerprint density at radius 1 is 1.08 bits per heavy atom. The molecule has 0 saturated carbocycles. The molecule has 4 atom stereocenters. The Morgan fingerprint density at radius 2 is 1.84 bits per heavy atom. The number of aliphatic carboxylic acids is 1. The summed E-state index contributed by atoms with van der Waals surface area (Å²) in [7, 11) is 0. The number of amides is 2. The van der Waals surface area contributed by atoms with Crippen LogP contribution in [0.15, 0.2) is 51.6 Å². The highest BCUT2D eigenvalue weighted by Gasteiger charge is 2.56. The van der Waals surface area contributed by atoms with Gasteiger partial charge in [-0.2, -0.15) is 0 Å². The number of phenolic OH excluding ortho intramolecular Hbond substituents is 1. The van der Waals surface area contributed by atoms with Crippen LogP contribution in [0, 0.1) is 23.6 Å². The van der Waals surface area contributed by atoms with E-state index in [4.69, 9.17) is 5.11 Å². The first-order chi connectivity index (χ1) is 18.1. The van der Waals surface area contributed by atoms with E-state index in [-0.39, 0.29) is 58.8 Å². The summed E-state index contributed by atoms with van der Waals surface area (Å²) in [4.78, 5) is 65.2. The van der Waals surface area contributed by atoms with Crippen LogP contribution in [0.5, 0.6) is 5.75 Å². The molecule has 1 saturated heterocycles. The second kappa shape index (κ2) is 10.1. The molecule has 2 N–H and O–H groups in total. The number of aromatic hydroxyl groups is 1. The van der Waals surface area contributed by atoms with Crippen LogP contribution in [0.25, 0.3) is 0 Å². The molecule has 1 heterocycles. The number of carboxylic acid groups (broad SMARTS) is 1. The molecule has 1 fully saturated rings. The van der Waals surface area contributed by atoms with Gasteiger partial charge in [-0.05, 0) is 53.6 Å². The summed E-state index contributed by atoms with van der Waals surface area (Å²) >= 11 is 3.15. The van der Waals surface area contributed by atoms with Crippen LogP contribution in [0.1, 0.15) is 50.0 Å². The summed E-state index contributed by atoms with van der Waals surface area (Å²) < 4.78 is 14.5. The first-order valence-corrected chi connectivity index (χ1v) is 13.3. The van der Waals surface area contributed by atoms with Gasteiger partial charge in [-0.3, -0.25) is 28.9 Å². The molecular formula is C28H25BrFNO7. The van der Waals surface area contributed by atoms with Crippen molar-refractivity contribution in [1.82, 2.24) is 4.90 Å². The van der Waals surface area contributed by atoms with E-state index in [1.165, 1.54) is 23.1 Å². The third-order valence-electron chi connectivity index (χ3n) is 8.02. The summed E-state index contributed by atoms with van der Waals surface area (Å²) in [6, 6.07) is 4.01. The third-order valence-corrected chi connectivity index (χ3v) is 8.61. The van der Waals surface area contributed by atoms with Crippen LogP contribution in [0.4, 0.5) is 4.39 Å². The molecule has 8 nitrogen and oxygen atoms in total. The number of fused-ring (bicyclic) bond motifs is 3. The van der Waals surface area contributed by atoms with Crippen molar-refractivity contribution in [2.75, 3.05) is 6.54 Å². The number of para-hydroxylation sites is 1. The number of benzene rings is 1. The average molecular weight is 586 g/mol. The van der Waals surface area contributed by atoms with Gasteiger partial charge in [0.25, 0.3) is 0 Å². The van der Waals surface area contributed by atoms with E-state index in [0.717, 1.165) is 6.07 Å². The third kappa shape index (κ3) is 4.24. The van der Waals surface area contributed by atoms with Gasteiger partial charge in [-0.1, -0.05) is 30.2 Å². The van der Waals surface area contributed by atoms with E-state index in [2.05, 4.69) is 15.9 Å². The minimum Gasteiger partial charge on any atom is -0.505 e. The molecule has 0 aromatic heterocycles. The molecule has 2 amide bonds. The van der Waals surface area contributed by atoms with E-state index in [9.17, 15) is 33.5 Å². The normalized spacial score (nSPS) is 26.6. The minimum atomic E-state index is -0.929. The Morgan fingerprint density at radius 3 is 2.58 bits per heavy atom. The van der Waals surface area contributed by atoms with Gasteiger partial charge < -0.3 is 10.2 Å². The lowest BCUT2D eigenvalue weighted by Gasteiger charge is -2.42. The fourth-order valence-corrected chi connectivity index (χ4v) is 6.78. The molecule has 198 valence electrons.